The van der Waals surface area contributed by atoms with Crippen LogP contribution in [-0.2, 0) is 0 Å². The van der Waals surface area contributed by atoms with Gasteiger partial charge in [0.15, 0.2) is 0 Å². The van der Waals surface area contributed by atoms with Gasteiger partial charge in [0.25, 0.3) is 0 Å². The standard InChI is InChI=1S/CH3NS3/c2-5-1(3-5)4-5/h1H,2H2. The summed E-state index contributed by atoms with van der Waals surface area (Å²) < 4.78 is 0.891. The highest BCUT2D eigenvalue weighted by Gasteiger charge is 2.67. The van der Waals surface area contributed by atoms with E-state index in [0.717, 1.165) is 3.91 Å². The molecule has 2 aliphatic heterocycles. The van der Waals surface area contributed by atoms with E-state index in [0.29, 0.717) is 0 Å². The summed E-state index contributed by atoms with van der Waals surface area (Å²) in [4.78, 5) is 0. The molecule has 0 unspecified atom stereocenters. The van der Waals surface area contributed by atoms with Gasteiger partial charge in [-0.2, -0.15) is 0 Å². The zero-order chi connectivity index (χ0) is 3.49. The lowest BCUT2D eigenvalue weighted by atomic mass is 11.9. The molecular weight excluding hydrogens is 122 g/mol. The second-order valence-corrected chi connectivity index (χ2v) is 10.0. The van der Waals surface area contributed by atoms with E-state index in [4.69, 9.17) is 5.14 Å². The Kier molecular flexibility index (Phi) is 0.343. The molecule has 2 heterocycles. The van der Waals surface area contributed by atoms with Crippen LogP contribution in [0, 0.1) is 0 Å². The highest BCUT2D eigenvalue weighted by atomic mass is 33.6. The maximum absolute atomic E-state index is 5.55. The Balaban J connectivity index is 2.37. The molecule has 0 radical (unpaired) electrons. The van der Waals surface area contributed by atoms with Crippen LogP contribution >= 0.6 is 29.9 Å². The molecule has 0 saturated carbocycles. The second-order valence-electron chi connectivity index (χ2n) is 1.07. The fraction of sp³-hybridized carbons (Fsp3) is 1.00. The molecule has 30 valence electrons. The van der Waals surface area contributed by atoms with Crippen molar-refractivity contribution >= 4 is 29.9 Å². The lowest BCUT2D eigenvalue weighted by molar-refractivity contribution is 2.02. The third-order valence-corrected chi connectivity index (χ3v) is 10.1. The Morgan fingerprint density at radius 1 is 1.60 bits per heavy atom. The highest BCUT2D eigenvalue weighted by Crippen LogP contribution is 3.07. The Morgan fingerprint density at radius 2 is 1.80 bits per heavy atom. The minimum absolute atomic E-state index is 0.417. The molecule has 0 aromatic rings. The quantitative estimate of drug-likeness (QED) is 0.390. The molecule has 0 amide bonds. The van der Waals surface area contributed by atoms with Gasteiger partial charge in [0.1, 0.15) is 3.91 Å². The van der Waals surface area contributed by atoms with E-state index in [1.807, 2.05) is 21.6 Å². The van der Waals surface area contributed by atoms with Crippen molar-refractivity contribution in [2.45, 2.75) is 3.91 Å². The summed E-state index contributed by atoms with van der Waals surface area (Å²) >= 11 is 0. The van der Waals surface area contributed by atoms with Crippen LogP contribution in [0.1, 0.15) is 0 Å². The lowest BCUT2D eigenvalue weighted by Gasteiger charge is -1.84. The van der Waals surface area contributed by atoms with Crippen LogP contribution in [0.5, 0.6) is 0 Å². The van der Waals surface area contributed by atoms with Gasteiger partial charge >= 0.3 is 0 Å². The number of hydrogen-bond donors (Lipinski definition) is 1. The number of fused-ring (bicyclic) bond motifs is 1. The van der Waals surface area contributed by atoms with Gasteiger partial charge in [0.2, 0.25) is 0 Å². The van der Waals surface area contributed by atoms with Crippen molar-refractivity contribution in [1.29, 1.82) is 0 Å². The number of nitrogens with two attached hydrogens (primary N) is 1. The molecule has 1 nitrogen and oxygen atoms in total. The maximum atomic E-state index is 5.55. The third kappa shape index (κ3) is 0.268. The second kappa shape index (κ2) is 0.559. The fourth-order valence-electron chi connectivity index (χ4n) is 0.207. The van der Waals surface area contributed by atoms with Crippen LogP contribution in [0.2, 0.25) is 0 Å². The molecule has 4 heteroatoms. The number of hydrogen-bond acceptors (Lipinski definition) is 3. The summed E-state index contributed by atoms with van der Waals surface area (Å²) in [5.74, 6) is 0. The summed E-state index contributed by atoms with van der Waals surface area (Å²) in [5.41, 5.74) is 0. The van der Waals surface area contributed by atoms with Gasteiger partial charge < -0.3 is 0 Å². The zero-order valence-electron chi connectivity index (χ0n) is 2.38. The van der Waals surface area contributed by atoms with Crippen molar-refractivity contribution < 1.29 is 0 Å². The molecule has 5 heavy (non-hydrogen) atoms. The van der Waals surface area contributed by atoms with E-state index >= 15 is 0 Å². The fourth-order valence-corrected chi connectivity index (χ4v) is 7.33. The average Bonchev–Trinajstić information content (AvgIpc) is 1.74. The molecular formula is CH3NS3. The molecule has 2 aliphatic rings. The van der Waals surface area contributed by atoms with Crippen LogP contribution in [0.4, 0.5) is 0 Å². The Hall–Kier alpha value is 1.01. The van der Waals surface area contributed by atoms with Crippen LogP contribution in [0.15, 0.2) is 0 Å². The van der Waals surface area contributed by atoms with Gasteiger partial charge in [-0.25, -0.2) is 0 Å². The van der Waals surface area contributed by atoms with E-state index in [9.17, 15) is 0 Å². The SMILES string of the molecule is NS12SC1S2. The van der Waals surface area contributed by atoms with Crippen LogP contribution in [0.25, 0.3) is 0 Å². The van der Waals surface area contributed by atoms with Gasteiger partial charge in [0, 0.05) is 0 Å². The molecule has 2 fully saturated rings. The topological polar surface area (TPSA) is 26.0 Å². The van der Waals surface area contributed by atoms with Crippen molar-refractivity contribution in [1.82, 2.24) is 0 Å². The first-order valence-corrected chi connectivity index (χ1v) is 5.83. The zero-order valence-corrected chi connectivity index (χ0v) is 4.83. The average molecular weight is 125 g/mol. The molecule has 2 rings (SSSR count). The third-order valence-electron chi connectivity index (χ3n) is 0.650. The minimum Gasteiger partial charge on any atom is -0.277 e. The van der Waals surface area contributed by atoms with E-state index in [1.54, 1.807) is 0 Å². The molecule has 0 spiro atoms. The first-order valence-electron chi connectivity index (χ1n) is 1.28. The predicted molar refractivity (Wildman–Crippen MR) is 30.7 cm³/mol. The first-order chi connectivity index (χ1) is 2.31. The Bertz CT molecular complexity index is 75.0. The highest BCUT2D eigenvalue weighted by molar-refractivity contribution is 9.51. The molecule has 0 aliphatic carbocycles. The number of rotatable bonds is 0. The first kappa shape index (κ1) is 3.07. The molecule has 2 N–H and O–H groups in total. The summed E-state index contributed by atoms with van der Waals surface area (Å²) in [6.07, 6.45) is 0. The summed E-state index contributed by atoms with van der Waals surface area (Å²) in [6, 6.07) is 0. The van der Waals surface area contributed by atoms with Gasteiger partial charge in [-0.1, -0.05) is 29.9 Å². The molecule has 0 bridgehead atoms. The summed E-state index contributed by atoms with van der Waals surface area (Å²) in [7, 11) is 3.48. The van der Waals surface area contributed by atoms with Crippen molar-refractivity contribution in [2.75, 3.05) is 0 Å². The van der Waals surface area contributed by atoms with E-state index in [1.165, 1.54) is 0 Å². The van der Waals surface area contributed by atoms with Gasteiger partial charge in [-0.3, -0.25) is 5.14 Å². The van der Waals surface area contributed by atoms with E-state index in [2.05, 4.69) is 0 Å². The van der Waals surface area contributed by atoms with Crippen molar-refractivity contribution in [3.8, 4) is 0 Å². The smallest absolute Gasteiger partial charge is 0.130 e. The molecule has 0 atom stereocenters. The van der Waals surface area contributed by atoms with E-state index in [-0.39, 0.29) is 0 Å². The minimum atomic E-state index is -0.417. The van der Waals surface area contributed by atoms with Gasteiger partial charge in [0.05, 0.1) is 0 Å². The van der Waals surface area contributed by atoms with Crippen molar-refractivity contribution in [2.24, 2.45) is 5.14 Å². The van der Waals surface area contributed by atoms with Crippen LogP contribution in [-0.4, -0.2) is 3.91 Å². The Morgan fingerprint density at radius 3 is 1.80 bits per heavy atom. The van der Waals surface area contributed by atoms with Crippen LogP contribution in [0.3, 0.4) is 0 Å². The maximum Gasteiger partial charge on any atom is 0.130 e. The molecule has 0 aromatic carbocycles. The van der Waals surface area contributed by atoms with Gasteiger partial charge in [-0.05, 0) is 0 Å². The van der Waals surface area contributed by atoms with Gasteiger partial charge in [-0.15, -0.1) is 0 Å². The normalized spacial score (nSPS) is 83.0. The van der Waals surface area contributed by atoms with E-state index < -0.39 is 8.28 Å². The molecule has 0 aromatic heterocycles. The van der Waals surface area contributed by atoms with Crippen molar-refractivity contribution in [3.05, 3.63) is 0 Å². The predicted octanol–water partition coefficient (Wildman–Crippen LogP) is 1.27. The van der Waals surface area contributed by atoms with Crippen molar-refractivity contribution in [3.63, 3.8) is 0 Å². The summed E-state index contributed by atoms with van der Waals surface area (Å²) in [6.45, 7) is 0. The molecule has 2 saturated heterocycles. The monoisotopic (exact) mass is 125 g/mol. The Labute approximate surface area is 39.3 Å². The summed E-state index contributed by atoms with van der Waals surface area (Å²) in [5, 5.41) is 5.55. The van der Waals surface area contributed by atoms with Crippen LogP contribution < -0.4 is 5.14 Å². The largest absolute Gasteiger partial charge is 0.277 e. The lowest BCUT2D eigenvalue weighted by Crippen LogP contribution is -1.70.